The van der Waals surface area contributed by atoms with Crippen LogP contribution in [0.15, 0.2) is 23.1 Å². The lowest BCUT2D eigenvalue weighted by molar-refractivity contribution is -0.255. The van der Waals surface area contributed by atoms with E-state index < -0.39 is 11.5 Å². The molecule has 0 unspecified atom stereocenters. The highest BCUT2D eigenvalue weighted by Gasteiger charge is 1.90. The number of hydrogen-bond donors (Lipinski definition) is 1. The minimum atomic E-state index is -1.34. The molecule has 1 aromatic heterocycles. The lowest BCUT2D eigenvalue weighted by Gasteiger charge is -1.97. The Morgan fingerprint density at radius 1 is 1.60 bits per heavy atom. The molecule has 0 radical (unpaired) electrons. The molecule has 4 heteroatoms. The molecular weight excluding hydrogens is 134 g/mol. The van der Waals surface area contributed by atoms with Gasteiger partial charge in [-0.05, 0) is 6.07 Å². The second-order valence-electron chi connectivity index (χ2n) is 1.73. The molecule has 0 aromatic carbocycles. The Hall–Kier alpha value is -1.58. The Morgan fingerprint density at radius 3 is 2.70 bits per heavy atom. The molecule has 0 bridgehead atoms. The fourth-order valence-corrected chi connectivity index (χ4v) is 0.572. The van der Waals surface area contributed by atoms with Crippen molar-refractivity contribution in [1.29, 1.82) is 0 Å². The summed E-state index contributed by atoms with van der Waals surface area (Å²) in [5.41, 5.74) is -0.551. The molecular formula is C6H4NO3-. The fourth-order valence-electron chi connectivity index (χ4n) is 0.572. The fraction of sp³-hybridized carbons (Fsp3) is 0. The number of aromatic nitrogens is 1. The number of H-pyrrole nitrogens is 1. The Kier molecular flexibility index (Phi) is 1.53. The monoisotopic (exact) mass is 138 g/mol. The normalized spacial score (nSPS) is 9.20. The minimum Gasteiger partial charge on any atom is -0.545 e. The molecule has 0 saturated carbocycles. The first-order chi connectivity index (χ1) is 4.70. The summed E-state index contributed by atoms with van der Waals surface area (Å²) in [6, 6.07) is 2.23. The van der Waals surface area contributed by atoms with Gasteiger partial charge in [0, 0.05) is 17.8 Å². The van der Waals surface area contributed by atoms with Crippen molar-refractivity contribution in [3.05, 3.63) is 34.2 Å². The predicted molar refractivity (Wildman–Crippen MR) is 31.4 cm³/mol. The number of hydrogen-bond acceptors (Lipinski definition) is 3. The third-order valence-corrected chi connectivity index (χ3v) is 1.01. The summed E-state index contributed by atoms with van der Waals surface area (Å²) >= 11 is 0. The van der Waals surface area contributed by atoms with Gasteiger partial charge < -0.3 is 14.9 Å². The van der Waals surface area contributed by atoms with Gasteiger partial charge in [-0.1, -0.05) is 0 Å². The highest BCUT2D eigenvalue weighted by atomic mass is 16.4. The van der Waals surface area contributed by atoms with E-state index >= 15 is 0 Å². The van der Waals surface area contributed by atoms with Gasteiger partial charge in [-0.25, -0.2) is 0 Å². The van der Waals surface area contributed by atoms with E-state index in [0.717, 1.165) is 6.07 Å². The van der Waals surface area contributed by atoms with Crippen molar-refractivity contribution in [3.8, 4) is 0 Å². The number of aromatic amines is 1. The molecule has 0 aliphatic carbocycles. The van der Waals surface area contributed by atoms with E-state index in [1.165, 1.54) is 12.3 Å². The number of carboxylic acid groups (broad SMARTS) is 1. The smallest absolute Gasteiger partial charge is 0.248 e. The summed E-state index contributed by atoms with van der Waals surface area (Å²) in [5, 5.41) is 10.1. The molecule has 1 N–H and O–H groups in total. The molecule has 0 fully saturated rings. The Balaban J connectivity index is 3.20. The topological polar surface area (TPSA) is 73.0 Å². The second-order valence-corrected chi connectivity index (χ2v) is 1.73. The molecule has 4 nitrogen and oxygen atoms in total. The maximum absolute atomic E-state index is 10.4. The summed E-state index contributed by atoms with van der Waals surface area (Å²) in [6.45, 7) is 0. The van der Waals surface area contributed by atoms with Crippen molar-refractivity contribution in [1.82, 2.24) is 4.98 Å². The first kappa shape index (κ1) is 6.54. The number of carbonyl (C=O) groups is 1. The number of rotatable bonds is 1. The van der Waals surface area contributed by atoms with E-state index in [2.05, 4.69) is 4.98 Å². The van der Waals surface area contributed by atoms with Crippen molar-refractivity contribution in [2.24, 2.45) is 0 Å². The van der Waals surface area contributed by atoms with Crippen molar-refractivity contribution in [2.45, 2.75) is 0 Å². The summed E-state index contributed by atoms with van der Waals surface area (Å²) in [6.07, 6.45) is 1.26. The molecule has 1 rings (SSSR count). The molecule has 0 aliphatic rings. The van der Waals surface area contributed by atoms with Crippen LogP contribution in [0.1, 0.15) is 10.4 Å². The SMILES string of the molecule is O=C([O-])c1cc[nH]c(=O)c1. The van der Waals surface area contributed by atoms with Gasteiger partial charge in [-0.15, -0.1) is 0 Å². The number of aromatic carboxylic acids is 1. The van der Waals surface area contributed by atoms with Crippen LogP contribution >= 0.6 is 0 Å². The van der Waals surface area contributed by atoms with E-state index in [1.54, 1.807) is 0 Å². The highest BCUT2D eigenvalue weighted by Crippen LogP contribution is 1.87. The number of nitrogens with one attached hydrogen (secondary N) is 1. The van der Waals surface area contributed by atoms with Crippen LogP contribution < -0.4 is 10.7 Å². The summed E-state index contributed by atoms with van der Waals surface area (Å²) in [4.78, 5) is 22.8. The van der Waals surface area contributed by atoms with E-state index in [9.17, 15) is 14.7 Å². The Morgan fingerprint density at radius 2 is 2.30 bits per heavy atom. The van der Waals surface area contributed by atoms with E-state index in [4.69, 9.17) is 0 Å². The molecule has 0 atom stereocenters. The molecule has 0 spiro atoms. The Bertz CT molecular complexity index is 302. The number of carboxylic acids is 1. The van der Waals surface area contributed by atoms with Gasteiger partial charge in [-0.3, -0.25) is 4.79 Å². The molecule has 0 saturated heterocycles. The lowest BCUT2D eigenvalue weighted by atomic mass is 10.3. The standard InChI is InChI=1S/C6H5NO3/c8-5-3-4(6(9)10)1-2-7-5/h1-3H,(H,7,8)(H,9,10)/p-1. The number of carbonyl (C=O) groups excluding carboxylic acids is 1. The molecule has 52 valence electrons. The maximum atomic E-state index is 10.4. The quantitative estimate of drug-likeness (QED) is 0.526. The van der Waals surface area contributed by atoms with Crippen molar-refractivity contribution < 1.29 is 9.90 Å². The van der Waals surface area contributed by atoms with Crippen LogP contribution in [0, 0.1) is 0 Å². The third kappa shape index (κ3) is 1.22. The first-order valence-electron chi connectivity index (χ1n) is 2.60. The third-order valence-electron chi connectivity index (χ3n) is 1.01. The zero-order chi connectivity index (χ0) is 7.56. The molecule has 0 aliphatic heterocycles. The van der Waals surface area contributed by atoms with Gasteiger partial charge >= 0.3 is 0 Å². The summed E-state index contributed by atoms with van der Waals surface area (Å²) in [5.74, 6) is -1.34. The minimum absolute atomic E-state index is 0.108. The van der Waals surface area contributed by atoms with Crippen LogP contribution in [-0.4, -0.2) is 11.0 Å². The van der Waals surface area contributed by atoms with Crippen molar-refractivity contribution in [3.63, 3.8) is 0 Å². The predicted octanol–water partition coefficient (Wildman–Crippen LogP) is -1.26. The zero-order valence-electron chi connectivity index (χ0n) is 4.96. The molecule has 1 heterocycles. The van der Waals surface area contributed by atoms with Gasteiger partial charge in [0.1, 0.15) is 0 Å². The van der Waals surface area contributed by atoms with Crippen molar-refractivity contribution >= 4 is 5.97 Å². The number of pyridine rings is 1. The van der Waals surface area contributed by atoms with Gasteiger partial charge in [0.15, 0.2) is 0 Å². The first-order valence-corrected chi connectivity index (χ1v) is 2.60. The van der Waals surface area contributed by atoms with E-state index in [-0.39, 0.29) is 5.56 Å². The Labute approximate surface area is 56.1 Å². The molecule has 1 aromatic rings. The second kappa shape index (κ2) is 2.34. The van der Waals surface area contributed by atoms with Crippen LogP contribution in [0.4, 0.5) is 0 Å². The van der Waals surface area contributed by atoms with Crippen LogP contribution in [0.25, 0.3) is 0 Å². The maximum Gasteiger partial charge on any atom is 0.248 e. The van der Waals surface area contributed by atoms with Gasteiger partial charge in [0.05, 0.1) is 5.97 Å². The van der Waals surface area contributed by atoms with Crippen LogP contribution in [0.3, 0.4) is 0 Å². The zero-order valence-corrected chi connectivity index (χ0v) is 4.96. The van der Waals surface area contributed by atoms with Crippen LogP contribution in [0.5, 0.6) is 0 Å². The lowest BCUT2D eigenvalue weighted by Crippen LogP contribution is -2.23. The van der Waals surface area contributed by atoms with E-state index in [0.29, 0.717) is 0 Å². The van der Waals surface area contributed by atoms with Crippen molar-refractivity contribution in [2.75, 3.05) is 0 Å². The summed E-state index contributed by atoms with van der Waals surface area (Å²) in [7, 11) is 0. The largest absolute Gasteiger partial charge is 0.545 e. The average molecular weight is 138 g/mol. The van der Waals surface area contributed by atoms with Gasteiger partial charge in [0.25, 0.3) is 0 Å². The van der Waals surface area contributed by atoms with Crippen LogP contribution in [0.2, 0.25) is 0 Å². The van der Waals surface area contributed by atoms with Crippen LogP contribution in [-0.2, 0) is 0 Å². The molecule has 0 amide bonds. The highest BCUT2D eigenvalue weighted by molar-refractivity contribution is 5.85. The van der Waals surface area contributed by atoms with Gasteiger partial charge in [0.2, 0.25) is 5.56 Å². The summed E-state index contributed by atoms with van der Waals surface area (Å²) < 4.78 is 0. The average Bonchev–Trinajstić information content (AvgIpc) is 1.88. The molecule has 10 heavy (non-hydrogen) atoms. The van der Waals surface area contributed by atoms with E-state index in [1.807, 2.05) is 0 Å². The van der Waals surface area contributed by atoms with Gasteiger partial charge in [-0.2, -0.15) is 0 Å².